The van der Waals surface area contributed by atoms with Gasteiger partial charge in [0.05, 0.1) is 11.4 Å². The molecule has 2 rings (SSSR count). The SMILES string of the molecule is NCc1ccc(S(=O)(=O)NCc2csc(=O)[nH]2)cc1Cl. The molecule has 0 spiro atoms. The van der Waals surface area contributed by atoms with Gasteiger partial charge in [0, 0.05) is 22.6 Å². The number of benzene rings is 1. The number of sulfonamides is 1. The number of nitrogens with one attached hydrogen (secondary N) is 2. The first-order valence-corrected chi connectivity index (χ1v) is 8.31. The molecular formula is C11H12ClN3O3S2. The number of nitrogens with two attached hydrogens (primary N) is 1. The van der Waals surface area contributed by atoms with Crippen LogP contribution in [0.4, 0.5) is 0 Å². The fourth-order valence-corrected chi connectivity index (χ4v) is 3.45. The van der Waals surface area contributed by atoms with E-state index in [4.69, 9.17) is 17.3 Å². The van der Waals surface area contributed by atoms with Gasteiger partial charge in [0.15, 0.2) is 0 Å². The maximum atomic E-state index is 12.1. The molecule has 4 N–H and O–H groups in total. The van der Waals surface area contributed by atoms with E-state index in [0.717, 1.165) is 11.3 Å². The molecule has 0 saturated heterocycles. The number of hydrogen-bond donors (Lipinski definition) is 3. The van der Waals surface area contributed by atoms with E-state index in [1.54, 1.807) is 11.4 Å². The first kappa shape index (κ1) is 15.2. The molecule has 2 aromatic rings. The van der Waals surface area contributed by atoms with E-state index in [0.29, 0.717) is 16.3 Å². The van der Waals surface area contributed by atoms with E-state index in [-0.39, 0.29) is 22.9 Å². The third-order valence-electron chi connectivity index (χ3n) is 2.58. The van der Waals surface area contributed by atoms with Crippen LogP contribution in [0.2, 0.25) is 5.02 Å². The minimum atomic E-state index is -3.69. The second-order valence-electron chi connectivity index (χ2n) is 3.96. The molecule has 1 aromatic heterocycles. The molecule has 20 heavy (non-hydrogen) atoms. The number of aromatic amines is 1. The van der Waals surface area contributed by atoms with Gasteiger partial charge < -0.3 is 10.7 Å². The van der Waals surface area contributed by atoms with Gasteiger partial charge in [-0.05, 0) is 17.7 Å². The van der Waals surface area contributed by atoms with Gasteiger partial charge in [0.2, 0.25) is 10.0 Å². The maximum Gasteiger partial charge on any atom is 0.304 e. The highest BCUT2D eigenvalue weighted by atomic mass is 35.5. The number of H-pyrrole nitrogens is 1. The lowest BCUT2D eigenvalue weighted by molar-refractivity contribution is 0.580. The zero-order valence-electron chi connectivity index (χ0n) is 10.2. The van der Waals surface area contributed by atoms with E-state index in [1.165, 1.54) is 12.1 Å². The van der Waals surface area contributed by atoms with Gasteiger partial charge >= 0.3 is 4.87 Å². The van der Waals surface area contributed by atoms with E-state index in [1.807, 2.05) is 0 Å². The predicted molar refractivity (Wildman–Crippen MR) is 78.3 cm³/mol. The highest BCUT2D eigenvalue weighted by Gasteiger charge is 2.15. The summed E-state index contributed by atoms with van der Waals surface area (Å²) in [6.07, 6.45) is 0. The van der Waals surface area contributed by atoms with Crippen LogP contribution in [0.5, 0.6) is 0 Å². The predicted octanol–water partition coefficient (Wildman–Crippen LogP) is 1.03. The van der Waals surface area contributed by atoms with Crippen molar-refractivity contribution in [3.8, 4) is 0 Å². The van der Waals surface area contributed by atoms with Crippen LogP contribution in [0.1, 0.15) is 11.3 Å². The van der Waals surface area contributed by atoms with E-state index >= 15 is 0 Å². The Morgan fingerprint density at radius 3 is 2.70 bits per heavy atom. The number of rotatable bonds is 5. The van der Waals surface area contributed by atoms with Crippen LogP contribution < -0.4 is 15.3 Å². The van der Waals surface area contributed by atoms with Crippen molar-refractivity contribution >= 4 is 33.0 Å². The maximum absolute atomic E-state index is 12.1. The van der Waals surface area contributed by atoms with Gasteiger partial charge in [-0.1, -0.05) is 29.0 Å². The Kier molecular flexibility index (Phi) is 4.61. The third-order valence-corrected chi connectivity index (χ3v) is 5.05. The first-order chi connectivity index (χ1) is 9.42. The Balaban J connectivity index is 2.17. The summed E-state index contributed by atoms with van der Waals surface area (Å²) in [5.74, 6) is 0. The Bertz CT molecular complexity index is 767. The lowest BCUT2D eigenvalue weighted by Crippen LogP contribution is -2.23. The van der Waals surface area contributed by atoms with E-state index in [2.05, 4.69) is 9.71 Å². The third kappa shape index (κ3) is 3.47. The van der Waals surface area contributed by atoms with Gasteiger partial charge in [0.1, 0.15) is 0 Å². The van der Waals surface area contributed by atoms with E-state index in [9.17, 15) is 13.2 Å². The van der Waals surface area contributed by atoms with Crippen LogP contribution in [0.25, 0.3) is 0 Å². The van der Waals surface area contributed by atoms with Crippen molar-refractivity contribution in [1.29, 1.82) is 0 Å². The van der Waals surface area contributed by atoms with Crippen LogP contribution in [-0.2, 0) is 23.1 Å². The summed E-state index contributed by atoms with van der Waals surface area (Å²) in [6.45, 7) is 0.250. The van der Waals surface area contributed by atoms with Crippen molar-refractivity contribution in [2.45, 2.75) is 18.0 Å². The fraction of sp³-hybridized carbons (Fsp3) is 0.182. The Hall–Kier alpha value is -1.19. The van der Waals surface area contributed by atoms with Crippen molar-refractivity contribution in [2.24, 2.45) is 5.73 Å². The van der Waals surface area contributed by atoms with Gasteiger partial charge in [-0.25, -0.2) is 13.1 Å². The lowest BCUT2D eigenvalue weighted by atomic mass is 10.2. The monoisotopic (exact) mass is 333 g/mol. The minimum absolute atomic E-state index is 0.0112. The van der Waals surface area contributed by atoms with Crippen molar-refractivity contribution in [3.05, 3.63) is 49.5 Å². The van der Waals surface area contributed by atoms with Gasteiger partial charge in [0.25, 0.3) is 0 Å². The van der Waals surface area contributed by atoms with Crippen LogP contribution in [0.15, 0.2) is 33.3 Å². The molecule has 1 aromatic carbocycles. The van der Waals surface area contributed by atoms with Gasteiger partial charge in [-0.15, -0.1) is 0 Å². The summed E-state index contributed by atoms with van der Waals surface area (Å²) >= 11 is 6.92. The lowest BCUT2D eigenvalue weighted by Gasteiger charge is -2.08. The van der Waals surface area contributed by atoms with Crippen LogP contribution in [0, 0.1) is 0 Å². The molecule has 1 heterocycles. The number of thiazole rings is 1. The Labute approximate surface area is 124 Å². The van der Waals surface area contributed by atoms with Crippen LogP contribution in [0.3, 0.4) is 0 Å². The second-order valence-corrected chi connectivity index (χ2v) is 6.97. The number of hydrogen-bond acceptors (Lipinski definition) is 5. The molecule has 0 unspecified atom stereocenters. The highest BCUT2D eigenvalue weighted by molar-refractivity contribution is 7.89. The minimum Gasteiger partial charge on any atom is -0.326 e. The van der Waals surface area contributed by atoms with Crippen LogP contribution in [-0.4, -0.2) is 13.4 Å². The molecular weight excluding hydrogens is 322 g/mol. The standard InChI is InChI=1S/C11H12ClN3O3S2/c12-10-3-9(2-1-7(10)4-13)20(17,18)14-5-8-6-19-11(16)15-8/h1-3,6,14H,4-5,13H2,(H,15,16). The first-order valence-electron chi connectivity index (χ1n) is 5.57. The smallest absolute Gasteiger partial charge is 0.304 e. The van der Waals surface area contributed by atoms with Crippen molar-refractivity contribution in [1.82, 2.24) is 9.71 Å². The zero-order valence-corrected chi connectivity index (χ0v) is 12.6. The van der Waals surface area contributed by atoms with Crippen molar-refractivity contribution in [3.63, 3.8) is 0 Å². The van der Waals surface area contributed by atoms with Gasteiger partial charge in [-0.2, -0.15) is 0 Å². The Morgan fingerprint density at radius 2 is 2.15 bits per heavy atom. The molecule has 0 aliphatic rings. The molecule has 6 nitrogen and oxygen atoms in total. The summed E-state index contributed by atoms with van der Waals surface area (Å²) in [4.78, 5) is 13.3. The molecule has 0 aliphatic carbocycles. The topological polar surface area (TPSA) is 105 Å². The fourth-order valence-electron chi connectivity index (χ4n) is 1.52. The molecule has 0 bridgehead atoms. The van der Waals surface area contributed by atoms with E-state index < -0.39 is 10.0 Å². The average molecular weight is 334 g/mol. The molecule has 0 amide bonds. The summed E-state index contributed by atoms with van der Waals surface area (Å²) in [5.41, 5.74) is 6.65. The Morgan fingerprint density at radius 1 is 1.40 bits per heavy atom. The highest BCUT2D eigenvalue weighted by Crippen LogP contribution is 2.20. The molecule has 108 valence electrons. The molecule has 0 atom stereocenters. The van der Waals surface area contributed by atoms with Crippen molar-refractivity contribution in [2.75, 3.05) is 0 Å². The largest absolute Gasteiger partial charge is 0.326 e. The quantitative estimate of drug-likeness (QED) is 0.759. The molecule has 0 aliphatic heterocycles. The zero-order chi connectivity index (χ0) is 14.8. The second kappa shape index (κ2) is 6.06. The van der Waals surface area contributed by atoms with Crippen LogP contribution >= 0.6 is 22.9 Å². The number of halogens is 1. The van der Waals surface area contributed by atoms with Crippen molar-refractivity contribution < 1.29 is 8.42 Å². The molecule has 0 fully saturated rings. The molecule has 0 radical (unpaired) electrons. The summed E-state index contributed by atoms with van der Waals surface area (Å²) in [7, 11) is -3.69. The molecule has 9 heteroatoms. The summed E-state index contributed by atoms with van der Waals surface area (Å²) in [6, 6.07) is 4.36. The average Bonchev–Trinajstić information content (AvgIpc) is 2.82. The number of aromatic nitrogens is 1. The molecule has 0 saturated carbocycles. The summed E-state index contributed by atoms with van der Waals surface area (Å²) in [5, 5.41) is 1.87. The summed E-state index contributed by atoms with van der Waals surface area (Å²) < 4.78 is 26.5. The van der Waals surface area contributed by atoms with Gasteiger partial charge in [-0.3, -0.25) is 4.79 Å². The normalized spacial score (nSPS) is 11.7.